The summed E-state index contributed by atoms with van der Waals surface area (Å²) in [6, 6.07) is 0. The number of nitrogens with one attached hydrogen (secondary N) is 1. The molecule has 0 fully saturated rings. The first kappa shape index (κ1) is 15.9. The van der Waals surface area contributed by atoms with Crippen LogP contribution in [-0.4, -0.2) is 50.3 Å². The van der Waals surface area contributed by atoms with E-state index in [1.165, 1.54) is 6.42 Å². The monoisotopic (exact) mass is 230 g/mol. The summed E-state index contributed by atoms with van der Waals surface area (Å²) in [5.74, 6) is 0. The number of hydrogen-bond acceptors (Lipinski definition) is 3. The van der Waals surface area contributed by atoms with Gasteiger partial charge in [-0.3, -0.25) is 0 Å². The Kier molecular flexibility index (Phi) is 11.3. The van der Waals surface area contributed by atoms with Gasteiger partial charge in [-0.1, -0.05) is 34.1 Å². The van der Waals surface area contributed by atoms with Crippen LogP contribution in [0.1, 0.15) is 40.5 Å². The van der Waals surface area contributed by atoms with Crippen LogP contribution in [0.5, 0.6) is 0 Å². The van der Waals surface area contributed by atoms with Crippen molar-refractivity contribution in [1.82, 2.24) is 10.2 Å². The summed E-state index contributed by atoms with van der Waals surface area (Å²) < 4.78 is 5.91. The van der Waals surface area contributed by atoms with Gasteiger partial charge in [0.05, 0.1) is 12.7 Å². The normalized spacial score (nSPS) is 13.3. The van der Waals surface area contributed by atoms with Crippen molar-refractivity contribution in [2.45, 2.75) is 46.6 Å². The molecule has 0 radical (unpaired) electrons. The first-order chi connectivity index (χ1) is 7.78. The molecule has 0 amide bonds. The lowest BCUT2D eigenvalue weighted by atomic mass is 10.2. The lowest BCUT2D eigenvalue weighted by Gasteiger charge is -2.21. The Hall–Kier alpha value is -0.120. The molecule has 0 heterocycles. The Morgan fingerprint density at radius 2 is 1.81 bits per heavy atom. The Labute approximate surface area is 102 Å². The van der Waals surface area contributed by atoms with Crippen LogP contribution in [-0.2, 0) is 4.74 Å². The maximum atomic E-state index is 5.91. The molecule has 0 aliphatic heterocycles. The maximum Gasteiger partial charge on any atom is 0.0700 e. The van der Waals surface area contributed by atoms with Gasteiger partial charge in [0.2, 0.25) is 0 Å². The molecule has 0 spiro atoms. The van der Waals surface area contributed by atoms with E-state index < -0.39 is 0 Å². The smallest absolute Gasteiger partial charge is 0.0700 e. The first-order valence-electron chi connectivity index (χ1n) is 6.83. The maximum absolute atomic E-state index is 5.91. The van der Waals surface area contributed by atoms with Gasteiger partial charge in [0.15, 0.2) is 0 Å². The lowest BCUT2D eigenvalue weighted by Crippen LogP contribution is -2.33. The highest BCUT2D eigenvalue weighted by Crippen LogP contribution is 2.01. The van der Waals surface area contributed by atoms with Crippen LogP contribution < -0.4 is 5.32 Å². The highest BCUT2D eigenvalue weighted by atomic mass is 16.5. The van der Waals surface area contributed by atoms with Crippen LogP contribution in [0.4, 0.5) is 0 Å². The van der Waals surface area contributed by atoms with E-state index in [0.717, 1.165) is 45.8 Å². The summed E-state index contributed by atoms with van der Waals surface area (Å²) in [5.41, 5.74) is 0. The van der Waals surface area contributed by atoms with Crippen molar-refractivity contribution in [2.24, 2.45) is 0 Å². The second-order valence-corrected chi connectivity index (χ2v) is 4.12. The highest BCUT2D eigenvalue weighted by molar-refractivity contribution is 4.61. The molecule has 0 aliphatic carbocycles. The van der Waals surface area contributed by atoms with Crippen molar-refractivity contribution >= 4 is 0 Å². The molecule has 3 nitrogen and oxygen atoms in total. The Bertz CT molecular complexity index is 138. The Morgan fingerprint density at radius 3 is 2.31 bits per heavy atom. The molecule has 0 saturated carbocycles. The minimum Gasteiger partial charge on any atom is -0.376 e. The van der Waals surface area contributed by atoms with Gasteiger partial charge in [-0.25, -0.2) is 0 Å². The summed E-state index contributed by atoms with van der Waals surface area (Å²) in [7, 11) is 0. The van der Waals surface area contributed by atoms with Gasteiger partial charge in [0.1, 0.15) is 0 Å². The molecule has 0 rings (SSSR count). The minimum absolute atomic E-state index is 0.389. The molecule has 1 N–H and O–H groups in total. The predicted molar refractivity (Wildman–Crippen MR) is 71.0 cm³/mol. The fourth-order valence-corrected chi connectivity index (χ4v) is 1.76. The second-order valence-electron chi connectivity index (χ2n) is 4.12. The van der Waals surface area contributed by atoms with Gasteiger partial charge in [-0.2, -0.15) is 0 Å². The third-order valence-electron chi connectivity index (χ3n) is 2.89. The molecule has 3 heteroatoms. The van der Waals surface area contributed by atoms with Crippen LogP contribution >= 0.6 is 0 Å². The molecule has 0 bridgehead atoms. The standard InChI is InChI=1S/C13H30N2O/c1-5-9-13(12-14-6-2)16-11-10-15(7-3)8-4/h13-14H,5-12H2,1-4H3. The number of rotatable bonds is 11. The molecule has 0 aliphatic rings. The van der Waals surface area contributed by atoms with Crippen LogP contribution in [0.15, 0.2) is 0 Å². The van der Waals surface area contributed by atoms with Crippen molar-refractivity contribution < 1.29 is 4.74 Å². The van der Waals surface area contributed by atoms with E-state index in [1.807, 2.05) is 0 Å². The van der Waals surface area contributed by atoms with Crippen molar-refractivity contribution in [3.8, 4) is 0 Å². The predicted octanol–water partition coefficient (Wildman–Crippen LogP) is 2.12. The molecule has 0 aromatic carbocycles. The molecular formula is C13H30N2O. The van der Waals surface area contributed by atoms with E-state index in [-0.39, 0.29) is 0 Å². The Morgan fingerprint density at radius 1 is 1.12 bits per heavy atom. The average Bonchev–Trinajstić information content (AvgIpc) is 2.31. The molecule has 0 saturated heterocycles. The van der Waals surface area contributed by atoms with Crippen molar-refractivity contribution in [3.63, 3.8) is 0 Å². The molecule has 0 aromatic heterocycles. The number of hydrogen-bond donors (Lipinski definition) is 1. The van der Waals surface area contributed by atoms with Crippen LogP contribution in [0, 0.1) is 0 Å². The molecular weight excluding hydrogens is 200 g/mol. The fraction of sp³-hybridized carbons (Fsp3) is 1.00. The largest absolute Gasteiger partial charge is 0.376 e. The van der Waals surface area contributed by atoms with Crippen molar-refractivity contribution in [2.75, 3.05) is 39.3 Å². The van der Waals surface area contributed by atoms with Crippen LogP contribution in [0.3, 0.4) is 0 Å². The summed E-state index contributed by atoms with van der Waals surface area (Å²) in [5, 5.41) is 3.36. The highest BCUT2D eigenvalue weighted by Gasteiger charge is 2.07. The van der Waals surface area contributed by atoms with Gasteiger partial charge in [-0.05, 0) is 26.1 Å². The molecule has 1 unspecified atom stereocenters. The van der Waals surface area contributed by atoms with E-state index in [0.29, 0.717) is 6.10 Å². The second kappa shape index (κ2) is 11.4. The third kappa shape index (κ3) is 8.08. The van der Waals surface area contributed by atoms with E-state index in [9.17, 15) is 0 Å². The quantitative estimate of drug-likeness (QED) is 0.588. The van der Waals surface area contributed by atoms with Gasteiger partial charge in [0.25, 0.3) is 0 Å². The SMILES string of the molecule is CCCC(CNCC)OCCN(CC)CC. The van der Waals surface area contributed by atoms with Gasteiger partial charge < -0.3 is 15.0 Å². The molecule has 1 atom stereocenters. The van der Waals surface area contributed by atoms with E-state index in [1.54, 1.807) is 0 Å². The lowest BCUT2D eigenvalue weighted by molar-refractivity contribution is 0.0340. The van der Waals surface area contributed by atoms with Gasteiger partial charge >= 0.3 is 0 Å². The topological polar surface area (TPSA) is 24.5 Å². The zero-order chi connectivity index (χ0) is 12.2. The fourth-order valence-electron chi connectivity index (χ4n) is 1.76. The summed E-state index contributed by atoms with van der Waals surface area (Å²) in [6.07, 6.45) is 2.74. The van der Waals surface area contributed by atoms with E-state index >= 15 is 0 Å². The number of ether oxygens (including phenoxy) is 1. The summed E-state index contributed by atoms with van der Waals surface area (Å²) >= 11 is 0. The Balaban J connectivity index is 3.65. The zero-order valence-corrected chi connectivity index (χ0v) is 11.6. The van der Waals surface area contributed by atoms with Gasteiger partial charge in [-0.15, -0.1) is 0 Å². The molecule has 98 valence electrons. The molecule has 16 heavy (non-hydrogen) atoms. The van der Waals surface area contributed by atoms with E-state index in [4.69, 9.17) is 4.74 Å². The molecule has 0 aromatic rings. The van der Waals surface area contributed by atoms with E-state index in [2.05, 4.69) is 37.9 Å². The third-order valence-corrected chi connectivity index (χ3v) is 2.89. The van der Waals surface area contributed by atoms with Crippen LogP contribution in [0.25, 0.3) is 0 Å². The summed E-state index contributed by atoms with van der Waals surface area (Å²) in [4.78, 5) is 2.40. The summed E-state index contributed by atoms with van der Waals surface area (Å²) in [6.45, 7) is 14.9. The first-order valence-corrected chi connectivity index (χ1v) is 6.83. The van der Waals surface area contributed by atoms with Gasteiger partial charge in [0, 0.05) is 13.1 Å². The number of likely N-dealkylation sites (N-methyl/N-ethyl adjacent to an activating group) is 2. The van der Waals surface area contributed by atoms with Crippen LogP contribution in [0.2, 0.25) is 0 Å². The minimum atomic E-state index is 0.389. The zero-order valence-electron chi connectivity index (χ0n) is 11.6. The number of nitrogens with zero attached hydrogens (tertiary/aromatic N) is 1. The van der Waals surface area contributed by atoms with Crippen molar-refractivity contribution in [3.05, 3.63) is 0 Å². The van der Waals surface area contributed by atoms with Crippen molar-refractivity contribution in [1.29, 1.82) is 0 Å². The average molecular weight is 230 g/mol.